The van der Waals surface area contributed by atoms with Crippen molar-refractivity contribution in [2.45, 2.75) is 44.6 Å². The molecule has 30 heavy (non-hydrogen) atoms. The van der Waals surface area contributed by atoms with Gasteiger partial charge in [0.05, 0.1) is 6.42 Å². The van der Waals surface area contributed by atoms with Gasteiger partial charge in [-0.1, -0.05) is 6.42 Å². The van der Waals surface area contributed by atoms with Crippen molar-refractivity contribution in [3.05, 3.63) is 29.1 Å². The highest BCUT2D eigenvalue weighted by molar-refractivity contribution is 7.13. The van der Waals surface area contributed by atoms with Crippen molar-refractivity contribution < 1.29 is 9.59 Å². The first kappa shape index (κ1) is 19.5. The zero-order chi connectivity index (χ0) is 20.5. The Bertz CT molecular complexity index is 949. The first-order chi connectivity index (χ1) is 14.7. The van der Waals surface area contributed by atoms with Gasteiger partial charge in [-0.2, -0.15) is 0 Å². The maximum absolute atomic E-state index is 12.5. The van der Waals surface area contributed by atoms with Crippen LogP contribution in [0.5, 0.6) is 0 Å². The van der Waals surface area contributed by atoms with Crippen molar-refractivity contribution >= 4 is 34.8 Å². The van der Waals surface area contributed by atoms with Crippen LogP contribution in [0.15, 0.2) is 23.6 Å². The van der Waals surface area contributed by atoms with Crippen LogP contribution in [0.1, 0.15) is 37.7 Å². The molecule has 1 saturated heterocycles. The number of nitrogens with one attached hydrogen (secondary N) is 3. The van der Waals surface area contributed by atoms with Gasteiger partial charge in [0.1, 0.15) is 10.8 Å². The van der Waals surface area contributed by atoms with Crippen LogP contribution < -0.4 is 20.9 Å². The molecule has 3 aliphatic rings. The van der Waals surface area contributed by atoms with E-state index in [1.54, 1.807) is 0 Å². The molecule has 0 radical (unpaired) electrons. The van der Waals surface area contributed by atoms with E-state index in [1.807, 2.05) is 22.4 Å². The van der Waals surface area contributed by atoms with Gasteiger partial charge in [-0.3, -0.25) is 10.1 Å². The van der Waals surface area contributed by atoms with Gasteiger partial charge in [-0.25, -0.2) is 9.78 Å². The molecular formula is C22H27N5O2S. The Morgan fingerprint density at radius 3 is 2.93 bits per heavy atom. The number of urea groups is 1. The molecule has 2 aliphatic heterocycles. The van der Waals surface area contributed by atoms with Crippen LogP contribution in [0.2, 0.25) is 0 Å². The van der Waals surface area contributed by atoms with Crippen LogP contribution in [-0.2, 0) is 11.2 Å². The number of hydrogen-bond acceptors (Lipinski definition) is 5. The number of piperidine rings is 1. The van der Waals surface area contributed by atoms with Gasteiger partial charge >= 0.3 is 6.03 Å². The van der Waals surface area contributed by atoms with Gasteiger partial charge in [-0.05, 0) is 61.9 Å². The highest BCUT2D eigenvalue weighted by Crippen LogP contribution is 2.37. The highest BCUT2D eigenvalue weighted by atomic mass is 32.1. The summed E-state index contributed by atoms with van der Waals surface area (Å²) in [4.78, 5) is 31.3. The van der Waals surface area contributed by atoms with E-state index in [9.17, 15) is 9.59 Å². The number of hydrogen-bond donors (Lipinski definition) is 3. The number of nitrogens with zero attached hydrogens (tertiary/aromatic N) is 2. The molecule has 3 amide bonds. The van der Waals surface area contributed by atoms with E-state index >= 15 is 0 Å². The lowest BCUT2D eigenvalue weighted by atomic mass is 9.85. The molecule has 3 N–H and O–H groups in total. The van der Waals surface area contributed by atoms with Crippen molar-refractivity contribution in [1.82, 2.24) is 15.6 Å². The maximum atomic E-state index is 12.5. The third-order valence-electron chi connectivity index (χ3n) is 6.30. The second-order valence-electron chi connectivity index (χ2n) is 8.50. The number of carbonyl (C=O) groups is 2. The van der Waals surface area contributed by atoms with E-state index in [0.29, 0.717) is 18.2 Å². The standard InChI is InChI=1S/C22H27N5O2S/c28-20-10-16-9-15(6-7-18(16)27(20)12-14-3-1-4-14)21-25-19(13-30-21)26-22(29)24-17-5-2-8-23-11-17/h6-7,9,13-14,17,23H,1-5,8,10-12H2,(H2,24,26,29)/t17-/m0/s1. The number of amides is 3. The molecule has 8 heteroatoms. The fourth-order valence-electron chi connectivity index (χ4n) is 4.43. The minimum absolute atomic E-state index is 0.161. The average molecular weight is 426 g/mol. The second kappa shape index (κ2) is 8.35. The zero-order valence-electron chi connectivity index (χ0n) is 16.9. The first-order valence-corrected chi connectivity index (χ1v) is 11.7. The second-order valence-corrected chi connectivity index (χ2v) is 9.36. The Morgan fingerprint density at radius 2 is 2.17 bits per heavy atom. The van der Waals surface area contributed by atoms with E-state index in [-0.39, 0.29) is 18.0 Å². The van der Waals surface area contributed by atoms with Crippen molar-refractivity contribution in [2.24, 2.45) is 5.92 Å². The van der Waals surface area contributed by atoms with E-state index in [4.69, 9.17) is 0 Å². The molecule has 1 atom stereocenters. The lowest BCUT2D eigenvalue weighted by Gasteiger charge is -2.30. The molecule has 1 saturated carbocycles. The van der Waals surface area contributed by atoms with Crippen LogP contribution in [0.4, 0.5) is 16.3 Å². The largest absolute Gasteiger partial charge is 0.334 e. The molecule has 1 aromatic carbocycles. The van der Waals surface area contributed by atoms with Crippen LogP contribution in [0.25, 0.3) is 10.6 Å². The summed E-state index contributed by atoms with van der Waals surface area (Å²) >= 11 is 1.50. The Hall–Kier alpha value is -2.45. The zero-order valence-corrected chi connectivity index (χ0v) is 17.8. The number of aromatic nitrogens is 1. The summed E-state index contributed by atoms with van der Waals surface area (Å²) in [5.74, 6) is 1.41. The fraction of sp³-hybridized carbons (Fsp3) is 0.500. The summed E-state index contributed by atoms with van der Waals surface area (Å²) < 4.78 is 0. The number of fused-ring (bicyclic) bond motifs is 1. The molecule has 1 aliphatic carbocycles. The third-order valence-corrected chi connectivity index (χ3v) is 7.19. The Morgan fingerprint density at radius 1 is 1.27 bits per heavy atom. The van der Waals surface area contributed by atoms with Gasteiger partial charge in [0.15, 0.2) is 0 Å². The van der Waals surface area contributed by atoms with Crippen molar-refractivity contribution in [3.8, 4) is 10.6 Å². The molecule has 1 aromatic heterocycles. The van der Waals surface area contributed by atoms with Crippen molar-refractivity contribution in [1.29, 1.82) is 0 Å². The predicted molar refractivity (Wildman–Crippen MR) is 119 cm³/mol. The first-order valence-electron chi connectivity index (χ1n) is 10.8. The molecule has 7 nitrogen and oxygen atoms in total. The lowest BCUT2D eigenvalue weighted by Crippen LogP contribution is -2.47. The van der Waals surface area contributed by atoms with Crippen LogP contribution >= 0.6 is 11.3 Å². The molecular weight excluding hydrogens is 398 g/mol. The minimum atomic E-state index is -0.216. The highest BCUT2D eigenvalue weighted by Gasteiger charge is 2.31. The summed E-state index contributed by atoms with van der Waals surface area (Å²) in [6, 6.07) is 6.10. The Kier molecular flexibility index (Phi) is 5.43. The summed E-state index contributed by atoms with van der Waals surface area (Å²) in [5.41, 5.74) is 3.11. The van der Waals surface area contributed by atoms with Gasteiger partial charge in [0, 0.05) is 35.8 Å². The average Bonchev–Trinajstić information content (AvgIpc) is 3.28. The number of benzene rings is 1. The smallest absolute Gasteiger partial charge is 0.320 e. The number of carbonyl (C=O) groups excluding carboxylic acids is 2. The molecule has 5 rings (SSSR count). The quantitative estimate of drug-likeness (QED) is 0.686. The summed E-state index contributed by atoms with van der Waals surface area (Å²) in [7, 11) is 0. The Labute approximate surface area is 180 Å². The van der Waals surface area contributed by atoms with E-state index in [0.717, 1.165) is 54.3 Å². The fourth-order valence-corrected chi connectivity index (χ4v) is 5.18. The number of rotatable bonds is 5. The summed E-state index contributed by atoms with van der Waals surface area (Å²) in [5, 5.41) is 11.8. The van der Waals surface area contributed by atoms with Crippen molar-refractivity contribution in [2.75, 3.05) is 29.9 Å². The maximum Gasteiger partial charge on any atom is 0.320 e. The molecule has 2 fully saturated rings. The molecule has 0 spiro atoms. The normalized spacial score (nSPS) is 21.3. The Balaban J connectivity index is 1.24. The molecule has 0 unspecified atom stereocenters. The SMILES string of the molecule is O=C(Nc1csc(-c2ccc3c(c2)CC(=O)N3CC2CCC2)n1)N[C@H]1CCCNC1. The van der Waals surface area contributed by atoms with Gasteiger partial charge in [0.2, 0.25) is 5.91 Å². The van der Waals surface area contributed by atoms with E-state index in [1.165, 1.54) is 30.6 Å². The van der Waals surface area contributed by atoms with Gasteiger partial charge in [0.25, 0.3) is 0 Å². The molecule has 3 heterocycles. The third kappa shape index (κ3) is 4.06. The molecule has 0 bridgehead atoms. The van der Waals surface area contributed by atoms with Gasteiger partial charge < -0.3 is 15.5 Å². The number of anilines is 2. The van der Waals surface area contributed by atoms with Crippen molar-refractivity contribution in [3.63, 3.8) is 0 Å². The number of thiazole rings is 1. The summed E-state index contributed by atoms with van der Waals surface area (Å²) in [6.45, 7) is 2.67. The van der Waals surface area contributed by atoms with Gasteiger partial charge in [-0.15, -0.1) is 11.3 Å². The predicted octanol–water partition coefficient (Wildman–Crippen LogP) is 3.37. The minimum Gasteiger partial charge on any atom is -0.334 e. The van der Waals surface area contributed by atoms with E-state index < -0.39 is 0 Å². The summed E-state index contributed by atoms with van der Waals surface area (Å²) in [6.07, 6.45) is 6.28. The van der Waals surface area contributed by atoms with Crippen LogP contribution in [0.3, 0.4) is 0 Å². The van der Waals surface area contributed by atoms with Crippen LogP contribution in [-0.4, -0.2) is 42.6 Å². The van der Waals surface area contributed by atoms with E-state index in [2.05, 4.69) is 27.0 Å². The lowest BCUT2D eigenvalue weighted by molar-refractivity contribution is -0.117. The molecule has 158 valence electrons. The topological polar surface area (TPSA) is 86.4 Å². The van der Waals surface area contributed by atoms with Crippen LogP contribution in [0, 0.1) is 5.92 Å². The molecule has 2 aromatic rings. The monoisotopic (exact) mass is 425 g/mol.